The fourth-order valence-electron chi connectivity index (χ4n) is 3.19. The highest BCUT2D eigenvalue weighted by atomic mass is 16.5. The Morgan fingerprint density at radius 3 is 2.54 bits per heavy atom. The van der Waals surface area contributed by atoms with E-state index in [1.165, 1.54) is 0 Å². The normalized spacial score (nSPS) is 17.3. The van der Waals surface area contributed by atoms with Crippen LogP contribution in [0.25, 0.3) is 0 Å². The number of hydrogen-bond donors (Lipinski definition) is 0. The first-order valence-corrected chi connectivity index (χ1v) is 8.28. The average Bonchev–Trinajstić information content (AvgIpc) is 3.12. The Hall–Kier alpha value is -2.27. The molecule has 1 saturated heterocycles. The van der Waals surface area contributed by atoms with Crippen molar-refractivity contribution in [1.29, 1.82) is 0 Å². The van der Waals surface area contributed by atoms with Gasteiger partial charge < -0.3 is 14.4 Å². The molecule has 128 valence electrons. The minimum atomic E-state index is 0.518. The number of methoxy groups -OCH3 is 2. The summed E-state index contributed by atoms with van der Waals surface area (Å²) in [6.07, 6.45) is 3.00. The number of rotatable bonds is 6. The Morgan fingerprint density at radius 1 is 1.17 bits per heavy atom. The topological polar surface area (TPSA) is 37.8 Å². The molecule has 1 aliphatic heterocycles. The molecule has 5 heteroatoms. The van der Waals surface area contributed by atoms with Crippen molar-refractivity contribution in [2.75, 3.05) is 39.3 Å². The lowest BCUT2D eigenvalue weighted by molar-refractivity contribution is 0.248. The monoisotopic (exact) mass is 327 g/mol. The van der Waals surface area contributed by atoms with E-state index in [0.29, 0.717) is 6.04 Å². The molecule has 3 rings (SSSR count). The van der Waals surface area contributed by atoms with Crippen molar-refractivity contribution >= 4 is 5.69 Å². The van der Waals surface area contributed by atoms with Crippen molar-refractivity contribution in [3.05, 3.63) is 48.3 Å². The third-order valence-electron chi connectivity index (χ3n) is 4.63. The Bertz CT molecular complexity index is 641. The van der Waals surface area contributed by atoms with E-state index in [2.05, 4.69) is 40.0 Å². The summed E-state index contributed by atoms with van der Waals surface area (Å²) in [7, 11) is 5.55. The van der Waals surface area contributed by atoms with Crippen LogP contribution in [-0.2, 0) is 6.54 Å². The molecule has 24 heavy (non-hydrogen) atoms. The zero-order valence-electron chi connectivity index (χ0n) is 14.6. The van der Waals surface area contributed by atoms with Crippen molar-refractivity contribution in [2.24, 2.45) is 0 Å². The zero-order chi connectivity index (χ0) is 16.9. The van der Waals surface area contributed by atoms with Crippen molar-refractivity contribution in [3.63, 3.8) is 0 Å². The van der Waals surface area contributed by atoms with Crippen LogP contribution in [0.5, 0.6) is 11.5 Å². The van der Waals surface area contributed by atoms with Gasteiger partial charge in [0.15, 0.2) is 0 Å². The summed E-state index contributed by atoms with van der Waals surface area (Å²) >= 11 is 0. The molecule has 0 N–H and O–H groups in total. The van der Waals surface area contributed by atoms with Gasteiger partial charge in [-0.25, -0.2) is 0 Å². The van der Waals surface area contributed by atoms with Crippen LogP contribution in [0, 0.1) is 0 Å². The molecule has 0 amide bonds. The molecule has 2 heterocycles. The third-order valence-corrected chi connectivity index (χ3v) is 4.63. The van der Waals surface area contributed by atoms with E-state index in [-0.39, 0.29) is 0 Å². The molecule has 5 nitrogen and oxygen atoms in total. The number of aromatic nitrogens is 1. The molecule has 0 bridgehead atoms. The molecule has 0 aliphatic carbocycles. The maximum atomic E-state index is 5.38. The molecule has 0 spiro atoms. The first-order chi connectivity index (χ1) is 11.7. The molecule has 1 aliphatic rings. The number of anilines is 1. The highest BCUT2D eigenvalue weighted by Gasteiger charge is 2.26. The minimum absolute atomic E-state index is 0.518. The van der Waals surface area contributed by atoms with Gasteiger partial charge in [0.2, 0.25) is 0 Å². The van der Waals surface area contributed by atoms with Crippen LogP contribution in [0.3, 0.4) is 0 Å². The fraction of sp³-hybridized carbons (Fsp3) is 0.421. The van der Waals surface area contributed by atoms with Gasteiger partial charge in [-0.15, -0.1) is 0 Å². The minimum Gasteiger partial charge on any atom is -0.497 e. The maximum Gasteiger partial charge on any atom is 0.124 e. The largest absolute Gasteiger partial charge is 0.497 e. The van der Waals surface area contributed by atoms with Crippen LogP contribution >= 0.6 is 0 Å². The van der Waals surface area contributed by atoms with Gasteiger partial charge in [0.1, 0.15) is 11.5 Å². The molecule has 0 unspecified atom stereocenters. The number of nitrogens with zero attached hydrogens (tertiary/aromatic N) is 3. The van der Waals surface area contributed by atoms with E-state index in [9.17, 15) is 0 Å². The molecule has 1 atom stereocenters. The number of ether oxygens (including phenoxy) is 2. The van der Waals surface area contributed by atoms with Crippen molar-refractivity contribution in [3.8, 4) is 11.5 Å². The van der Waals surface area contributed by atoms with Gasteiger partial charge in [-0.2, -0.15) is 0 Å². The second kappa shape index (κ2) is 7.53. The van der Waals surface area contributed by atoms with Gasteiger partial charge in [-0.1, -0.05) is 6.07 Å². The molecule has 2 aromatic rings. The second-order valence-electron chi connectivity index (χ2n) is 6.20. The molecule has 1 aromatic carbocycles. The van der Waals surface area contributed by atoms with E-state index < -0.39 is 0 Å². The van der Waals surface area contributed by atoms with Gasteiger partial charge in [-0.3, -0.25) is 9.88 Å². The van der Waals surface area contributed by atoms with E-state index in [0.717, 1.165) is 48.9 Å². The molecular weight excluding hydrogens is 302 g/mol. The SMILES string of the molecule is COc1cc(OC)cc(N2CC[C@H](N(C)Cc3ccccn3)C2)c1. The average molecular weight is 327 g/mol. The van der Waals surface area contributed by atoms with Crippen LogP contribution in [0.1, 0.15) is 12.1 Å². The van der Waals surface area contributed by atoms with E-state index in [1.807, 2.05) is 24.4 Å². The summed E-state index contributed by atoms with van der Waals surface area (Å²) in [4.78, 5) is 9.21. The van der Waals surface area contributed by atoms with Crippen LogP contribution in [0.15, 0.2) is 42.6 Å². The summed E-state index contributed by atoms with van der Waals surface area (Å²) in [6.45, 7) is 2.91. The van der Waals surface area contributed by atoms with Gasteiger partial charge in [0.25, 0.3) is 0 Å². The highest BCUT2D eigenvalue weighted by Crippen LogP contribution is 2.31. The van der Waals surface area contributed by atoms with E-state index in [1.54, 1.807) is 14.2 Å². The molecular formula is C19H25N3O2. The molecule has 0 radical (unpaired) electrons. The molecule has 1 aromatic heterocycles. The summed E-state index contributed by atoms with van der Waals surface area (Å²) in [6, 6.07) is 12.6. The lowest BCUT2D eigenvalue weighted by Gasteiger charge is -2.25. The lowest BCUT2D eigenvalue weighted by atomic mass is 10.2. The van der Waals surface area contributed by atoms with E-state index >= 15 is 0 Å². The Kier molecular flexibility index (Phi) is 5.20. The van der Waals surface area contributed by atoms with Gasteiger partial charge in [0, 0.05) is 55.8 Å². The first kappa shape index (κ1) is 16.6. The Balaban J connectivity index is 1.66. The number of pyridine rings is 1. The maximum absolute atomic E-state index is 5.38. The number of benzene rings is 1. The van der Waals surface area contributed by atoms with Crippen molar-refractivity contribution in [1.82, 2.24) is 9.88 Å². The number of likely N-dealkylation sites (N-methyl/N-ethyl adjacent to an activating group) is 1. The predicted octanol–water partition coefficient (Wildman–Crippen LogP) is 2.81. The van der Waals surface area contributed by atoms with Crippen molar-refractivity contribution < 1.29 is 9.47 Å². The van der Waals surface area contributed by atoms with Crippen molar-refractivity contribution in [2.45, 2.75) is 19.0 Å². The Labute approximate surface area is 143 Å². The van der Waals surface area contributed by atoms with Crippen LogP contribution in [-0.4, -0.2) is 50.3 Å². The van der Waals surface area contributed by atoms with Gasteiger partial charge >= 0.3 is 0 Å². The summed E-state index contributed by atoms with van der Waals surface area (Å²) in [5, 5.41) is 0. The van der Waals surface area contributed by atoms with Crippen LogP contribution in [0.2, 0.25) is 0 Å². The Morgan fingerprint density at radius 2 is 1.92 bits per heavy atom. The lowest BCUT2D eigenvalue weighted by Crippen LogP contribution is -2.34. The van der Waals surface area contributed by atoms with Crippen LogP contribution in [0.4, 0.5) is 5.69 Å². The third kappa shape index (κ3) is 3.79. The van der Waals surface area contributed by atoms with Gasteiger partial charge in [0.05, 0.1) is 19.9 Å². The fourth-order valence-corrected chi connectivity index (χ4v) is 3.19. The smallest absolute Gasteiger partial charge is 0.124 e. The second-order valence-corrected chi connectivity index (χ2v) is 6.20. The van der Waals surface area contributed by atoms with Gasteiger partial charge in [-0.05, 0) is 25.6 Å². The standard InChI is InChI=1S/C19H25N3O2/c1-21(13-15-6-4-5-8-20-15)16-7-9-22(14-16)17-10-18(23-2)12-19(11-17)24-3/h4-6,8,10-12,16H,7,9,13-14H2,1-3H3/t16-/m0/s1. The summed E-state index contributed by atoms with van der Waals surface area (Å²) in [5.41, 5.74) is 2.27. The number of hydrogen-bond acceptors (Lipinski definition) is 5. The molecule has 1 fully saturated rings. The molecule has 0 saturated carbocycles. The quantitative estimate of drug-likeness (QED) is 0.816. The van der Waals surface area contributed by atoms with E-state index in [4.69, 9.17) is 9.47 Å². The van der Waals surface area contributed by atoms with Crippen LogP contribution < -0.4 is 14.4 Å². The first-order valence-electron chi connectivity index (χ1n) is 8.28. The zero-order valence-corrected chi connectivity index (χ0v) is 14.6. The summed E-state index contributed by atoms with van der Waals surface area (Å²) in [5.74, 6) is 1.66. The predicted molar refractivity (Wildman–Crippen MR) is 95.9 cm³/mol. The summed E-state index contributed by atoms with van der Waals surface area (Å²) < 4.78 is 10.8. The highest BCUT2D eigenvalue weighted by molar-refractivity contribution is 5.56.